The van der Waals surface area contributed by atoms with Crippen LogP contribution in [0.15, 0.2) is 0 Å². The van der Waals surface area contributed by atoms with Crippen molar-refractivity contribution in [2.45, 2.75) is 214 Å². The van der Waals surface area contributed by atoms with Crippen LogP contribution in [0.1, 0.15) is 208 Å². The van der Waals surface area contributed by atoms with E-state index in [0.29, 0.717) is 19.6 Å². The van der Waals surface area contributed by atoms with Gasteiger partial charge < -0.3 is 14.8 Å². The largest absolute Gasteiger partial charge is 0.466 e. The standard InChI is InChI=1S/C40H77NO5/c1-6-7-8-9-10-11-16-21-26-31-38(42)41-37(40(44)46-33-28-23-18-13-15-20-25-30-36(4)5)34-39(43)45-32-27-22-17-12-14-19-24-29-35(2)3/h35-37H,6-34H2,1-5H3,(H,41,42)/t37-/m0/s1. The monoisotopic (exact) mass is 652 g/mol. The fourth-order valence-corrected chi connectivity index (χ4v) is 5.82. The molecule has 0 aliphatic rings. The van der Waals surface area contributed by atoms with Gasteiger partial charge in [-0.3, -0.25) is 9.59 Å². The van der Waals surface area contributed by atoms with Crippen molar-refractivity contribution in [2.75, 3.05) is 13.2 Å². The minimum Gasteiger partial charge on any atom is -0.466 e. The second-order valence-electron chi connectivity index (χ2n) is 14.6. The van der Waals surface area contributed by atoms with E-state index >= 15 is 0 Å². The molecule has 0 spiro atoms. The first kappa shape index (κ1) is 44.4. The molecule has 0 aliphatic heterocycles. The Morgan fingerprint density at radius 2 is 0.891 bits per heavy atom. The summed E-state index contributed by atoms with van der Waals surface area (Å²) in [5.41, 5.74) is 0. The molecule has 0 aromatic rings. The van der Waals surface area contributed by atoms with E-state index in [1.54, 1.807) is 0 Å². The molecule has 0 radical (unpaired) electrons. The Balaban J connectivity index is 4.40. The Hall–Kier alpha value is -1.59. The molecule has 0 saturated heterocycles. The maximum absolute atomic E-state index is 12.9. The number of unbranched alkanes of at least 4 members (excludes halogenated alkanes) is 20. The minimum atomic E-state index is -0.981. The van der Waals surface area contributed by atoms with Gasteiger partial charge in [-0.25, -0.2) is 4.79 Å². The Kier molecular flexibility index (Phi) is 32.2. The average molecular weight is 652 g/mol. The number of hydrogen-bond acceptors (Lipinski definition) is 5. The lowest BCUT2D eigenvalue weighted by atomic mass is 10.0. The van der Waals surface area contributed by atoms with Crippen LogP contribution in [0.4, 0.5) is 0 Å². The SMILES string of the molecule is CCCCCCCCCCCC(=O)N[C@@H](CC(=O)OCCCCCCCCCC(C)C)C(=O)OCCCCCCCCCC(C)C. The predicted octanol–water partition coefficient (Wildman–Crippen LogP) is 11.4. The lowest BCUT2D eigenvalue weighted by Gasteiger charge is -2.17. The fourth-order valence-electron chi connectivity index (χ4n) is 5.82. The summed E-state index contributed by atoms with van der Waals surface area (Å²) in [6.45, 7) is 12.0. The van der Waals surface area contributed by atoms with Crippen LogP contribution in [0, 0.1) is 11.8 Å². The van der Waals surface area contributed by atoms with Gasteiger partial charge in [0.15, 0.2) is 0 Å². The smallest absolute Gasteiger partial charge is 0.329 e. The van der Waals surface area contributed by atoms with E-state index < -0.39 is 18.0 Å². The summed E-state index contributed by atoms with van der Waals surface area (Å²) in [6.07, 6.45) is 29.6. The molecule has 46 heavy (non-hydrogen) atoms. The highest BCUT2D eigenvalue weighted by atomic mass is 16.5. The van der Waals surface area contributed by atoms with Crippen molar-refractivity contribution in [1.29, 1.82) is 0 Å². The van der Waals surface area contributed by atoms with Gasteiger partial charge in [-0.1, -0.05) is 176 Å². The van der Waals surface area contributed by atoms with Crippen LogP contribution >= 0.6 is 0 Å². The van der Waals surface area contributed by atoms with E-state index in [9.17, 15) is 14.4 Å². The van der Waals surface area contributed by atoms with Gasteiger partial charge in [0.2, 0.25) is 5.91 Å². The number of hydrogen-bond donors (Lipinski definition) is 1. The fraction of sp³-hybridized carbons (Fsp3) is 0.925. The maximum atomic E-state index is 12.9. The van der Waals surface area contributed by atoms with Crippen LogP contribution < -0.4 is 5.32 Å². The highest BCUT2D eigenvalue weighted by molar-refractivity contribution is 5.88. The van der Waals surface area contributed by atoms with Gasteiger partial charge in [0.1, 0.15) is 6.04 Å². The minimum absolute atomic E-state index is 0.172. The van der Waals surface area contributed by atoms with Crippen LogP contribution in [-0.2, 0) is 23.9 Å². The highest BCUT2D eigenvalue weighted by Gasteiger charge is 2.26. The number of ether oxygens (including phenoxy) is 2. The van der Waals surface area contributed by atoms with E-state index in [4.69, 9.17) is 9.47 Å². The number of esters is 2. The van der Waals surface area contributed by atoms with Gasteiger partial charge >= 0.3 is 11.9 Å². The first-order valence-electron chi connectivity index (χ1n) is 19.9. The molecule has 0 unspecified atom stereocenters. The van der Waals surface area contributed by atoms with Crippen LogP contribution in [-0.4, -0.2) is 37.1 Å². The zero-order chi connectivity index (χ0) is 34.1. The van der Waals surface area contributed by atoms with Gasteiger partial charge in [0, 0.05) is 6.42 Å². The lowest BCUT2D eigenvalue weighted by Crippen LogP contribution is -2.43. The van der Waals surface area contributed by atoms with Gasteiger partial charge in [0.25, 0.3) is 0 Å². The van der Waals surface area contributed by atoms with Crippen LogP contribution in [0.25, 0.3) is 0 Å². The molecule has 0 aliphatic carbocycles. The molecule has 0 fully saturated rings. The molecule has 1 N–H and O–H groups in total. The molecule has 6 nitrogen and oxygen atoms in total. The quantitative estimate of drug-likeness (QED) is 0.0553. The first-order chi connectivity index (χ1) is 22.3. The summed E-state index contributed by atoms with van der Waals surface area (Å²) in [5.74, 6) is 0.404. The van der Waals surface area contributed by atoms with Crippen molar-refractivity contribution in [3.05, 3.63) is 0 Å². The summed E-state index contributed by atoms with van der Waals surface area (Å²) in [7, 11) is 0. The number of nitrogens with one attached hydrogen (secondary N) is 1. The van der Waals surface area contributed by atoms with Crippen molar-refractivity contribution in [3.63, 3.8) is 0 Å². The molecule has 0 aromatic heterocycles. The normalized spacial score (nSPS) is 12.1. The molecule has 1 atom stereocenters. The molecule has 0 aromatic carbocycles. The van der Waals surface area contributed by atoms with Crippen LogP contribution in [0.5, 0.6) is 0 Å². The van der Waals surface area contributed by atoms with Gasteiger partial charge in [-0.15, -0.1) is 0 Å². The molecular formula is C40H77NO5. The number of rotatable bonds is 34. The summed E-state index contributed by atoms with van der Waals surface area (Å²) in [4.78, 5) is 38.2. The third kappa shape index (κ3) is 32.4. The Morgan fingerprint density at radius 1 is 0.500 bits per heavy atom. The summed E-state index contributed by atoms with van der Waals surface area (Å²) < 4.78 is 11.0. The second kappa shape index (κ2) is 33.3. The second-order valence-corrected chi connectivity index (χ2v) is 14.6. The predicted molar refractivity (Wildman–Crippen MR) is 194 cm³/mol. The topological polar surface area (TPSA) is 81.7 Å². The maximum Gasteiger partial charge on any atom is 0.329 e. The third-order valence-electron chi connectivity index (χ3n) is 8.86. The third-order valence-corrected chi connectivity index (χ3v) is 8.86. The molecule has 0 saturated carbocycles. The van der Waals surface area contributed by atoms with E-state index in [2.05, 4.69) is 39.9 Å². The molecule has 272 valence electrons. The van der Waals surface area contributed by atoms with E-state index in [1.165, 1.54) is 103 Å². The molecule has 6 heteroatoms. The summed E-state index contributed by atoms with van der Waals surface area (Å²) in [6, 6.07) is -0.981. The molecule has 0 bridgehead atoms. The number of carbonyl (C=O) groups is 3. The van der Waals surface area contributed by atoms with Crippen molar-refractivity contribution < 1.29 is 23.9 Å². The van der Waals surface area contributed by atoms with Crippen LogP contribution in [0.2, 0.25) is 0 Å². The van der Waals surface area contributed by atoms with E-state index in [0.717, 1.165) is 69.6 Å². The summed E-state index contributed by atoms with van der Waals surface area (Å²) >= 11 is 0. The van der Waals surface area contributed by atoms with Gasteiger partial charge in [-0.2, -0.15) is 0 Å². The number of carbonyl (C=O) groups excluding carboxylic acids is 3. The zero-order valence-corrected chi connectivity index (χ0v) is 31.3. The Labute approximate surface area is 285 Å². The Bertz CT molecular complexity index is 708. The van der Waals surface area contributed by atoms with Crippen molar-refractivity contribution in [3.8, 4) is 0 Å². The zero-order valence-electron chi connectivity index (χ0n) is 31.3. The summed E-state index contributed by atoms with van der Waals surface area (Å²) in [5, 5.41) is 2.79. The lowest BCUT2D eigenvalue weighted by molar-refractivity contribution is -0.154. The van der Waals surface area contributed by atoms with E-state index in [1.807, 2.05) is 0 Å². The molecule has 0 rings (SSSR count). The molecule has 1 amide bonds. The van der Waals surface area contributed by atoms with Crippen molar-refractivity contribution in [2.24, 2.45) is 11.8 Å². The molecular weight excluding hydrogens is 574 g/mol. The molecule has 0 heterocycles. The Morgan fingerprint density at radius 3 is 1.35 bits per heavy atom. The van der Waals surface area contributed by atoms with E-state index in [-0.39, 0.29) is 12.3 Å². The van der Waals surface area contributed by atoms with Crippen molar-refractivity contribution >= 4 is 17.8 Å². The highest BCUT2D eigenvalue weighted by Crippen LogP contribution is 2.14. The van der Waals surface area contributed by atoms with Gasteiger partial charge in [-0.05, 0) is 31.1 Å². The van der Waals surface area contributed by atoms with Crippen LogP contribution in [0.3, 0.4) is 0 Å². The first-order valence-corrected chi connectivity index (χ1v) is 19.9. The average Bonchev–Trinajstić information content (AvgIpc) is 3.01. The number of amides is 1. The van der Waals surface area contributed by atoms with Gasteiger partial charge in [0.05, 0.1) is 19.6 Å². The van der Waals surface area contributed by atoms with Crippen molar-refractivity contribution in [1.82, 2.24) is 5.32 Å².